The summed E-state index contributed by atoms with van der Waals surface area (Å²) in [6.45, 7) is 0.794. The van der Waals surface area contributed by atoms with E-state index < -0.39 is 18.5 Å². The van der Waals surface area contributed by atoms with Crippen LogP contribution in [0.25, 0.3) is 0 Å². The number of carbonyl (C=O) groups is 3. The van der Waals surface area contributed by atoms with Gasteiger partial charge < -0.3 is 15.4 Å². The maximum Gasteiger partial charge on any atom is 0.358 e. The predicted molar refractivity (Wildman–Crippen MR) is 91.5 cm³/mol. The highest BCUT2D eigenvalue weighted by Crippen LogP contribution is 2.20. The minimum absolute atomic E-state index is 0.0111. The van der Waals surface area contributed by atoms with Gasteiger partial charge in [-0.2, -0.15) is 5.26 Å². The highest BCUT2D eigenvalue weighted by Gasteiger charge is 2.15. The van der Waals surface area contributed by atoms with E-state index in [9.17, 15) is 14.4 Å². The molecule has 128 valence electrons. The highest BCUT2D eigenvalue weighted by atomic mass is 35.5. The van der Waals surface area contributed by atoms with Crippen LogP contribution in [0.1, 0.15) is 23.0 Å². The number of esters is 1. The molecule has 0 bridgehead atoms. The molecule has 2 N–H and O–H groups in total. The summed E-state index contributed by atoms with van der Waals surface area (Å²) >= 11 is 6.93. The fourth-order valence-corrected chi connectivity index (χ4v) is 2.61. The van der Waals surface area contributed by atoms with Crippen LogP contribution in [0.3, 0.4) is 0 Å². The second kappa shape index (κ2) is 8.23. The van der Waals surface area contributed by atoms with Gasteiger partial charge in [-0.15, -0.1) is 11.3 Å². The first kappa shape index (κ1) is 18.4. The van der Waals surface area contributed by atoms with Crippen molar-refractivity contribution in [1.29, 1.82) is 5.26 Å². The van der Waals surface area contributed by atoms with E-state index in [-0.39, 0.29) is 27.3 Å². The summed E-state index contributed by atoms with van der Waals surface area (Å²) in [5, 5.41) is 15.6. The van der Waals surface area contributed by atoms with Crippen molar-refractivity contribution in [2.75, 3.05) is 17.2 Å². The molecule has 0 aliphatic rings. The van der Waals surface area contributed by atoms with Crippen LogP contribution < -0.4 is 10.6 Å². The minimum Gasteiger partial charge on any atom is -0.451 e. The largest absolute Gasteiger partial charge is 0.451 e. The lowest BCUT2D eigenvalue weighted by Gasteiger charge is -2.06. The number of anilines is 2. The number of ether oxygens (including phenoxy) is 1. The van der Waals surface area contributed by atoms with Crippen molar-refractivity contribution in [1.82, 2.24) is 4.98 Å². The van der Waals surface area contributed by atoms with E-state index in [2.05, 4.69) is 15.6 Å². The van der Waals surface area contributed by atoms with E-state index >= 15 is 0 Å². The third kappa shape index (κ3) is 5.27. The van der Waals surface area contributed by atoms with Crippen LogP contribution in [0.4, 0.5) is 10.8 Å². The van der Waals surface area contributed by atoms with Crippen LogP contribution in [-0.2, 0) is 14.3 Å². The van der Waals surface area contributed by atoms with E-state index in [0.717, 1.165) is 11.3 Å². The summed E-state index contributed by atoms with van der Waals surface area (Å²) in [6.07, 6.45) is 0. The van der Waals surface area contributed by atoms with E-state index in [1.807, 2.05) is 6.07 Å². The maximum absolute atomic E-state index is 11.8. The predicted octanol–water partition coefficient (Wildman–Crippen LogP) is 2.42. The number of nitrogens with zero attached hydrogens (tertiary/aromatic N) is 2. The molecular formula is C15H11ClN4O4S. The molecule has 0 atom stereocenters. The Labute approximate surface area is 151 Å². The monoisotopic (exact) mass is 378 g/mol. The van der Waals surface area contributed by atoms with Gasteiger partial charge in [-0.05, 0) is 18.2 Å². The Morgan fingerprint density at radius 3 is 2.76 bits per heavy atom. The van der Waals surface area contributed by atoms with E-state index in [4.69, 9.17) is 21.6 Å². The first-order valence-electron chi connectivity index (χ1n) is 6.79. The molecule has 0 saturated heterocycles. The smallest absolute Gasteiger partial charge is 0.358 e. The van der Waals surface area contributed by atoms with Crippen LogP contribution in [0, 0.1) is 11.3 Å². The Balaban J connectivity index is 1.88. The molecule has 0 spiro atoms. The Hall–Kier alpha value is -2.96. The lowest BCUT2D eigenvalue weighted by atomic mass is 10.2. The molecule has 1 aromatic carbocycles. The lowest BCUT2D eigenvalue weighted by Crippen LogP contribution is -2.21. The number of amides is 2. The molecule has 25 heavy (non-hydrogen) atoms. The second-order valence-corrected chi connectivity index (χ2v) is 5.92. The molecule has 1 aromatic heterocycles. The summed E-state index contributed by atoms with van der Waals surface area (Å²) < 4.78 is 4.85. The number of halogens is 1. The van der Waals surface area contributed by atoms with Crippen LogP contribution in [0.2, 0.25) is 5.02 Å². The summed E-state index contributed by atoms with van der Waals surface area (Å²) in [5.74, 6) is -1.68. The van der Waals surface area contributed by atoms with Crippen molar-refractivity contribution in [3.05, 3.63) is 39.9 Å². The normalized spacial score (nSPS) is 9.80. The summed E-state index contributed by atoms with van der Waals surface area (Å²) in [6, 6.07) is 6.28. The topological polar surface area (TPSA) is 121 Å². The molecule has 0 unspecified atom stereocenters. The fraction of sp³-hybridized carbons (Fsp3) is 0.133. The molecule has 0 radical (unpaired) electrons. The van der Waals surface area contributed by atoms with Crippen molar-refractivity contribution < 1.29 is 19.1 Å². The standard InChI is InChI=1S/C15H11ClN4O4S/c1-8(21)18-15-20-12(7-25-15)14(23)24-6-13(22)19-10-3-2-9(5-17)11(16)4-10/h2-4,7H,6H2,1H3,(H,19,22)(H,18,20,21). The van der Waals surface area contributed by atoms with Crippen molar-refractivity contribution in [3.63, 3.8) is 0 Å². The van der Waals surface area contributed by atoms with Crippen LogP contribution in [-0.4, -0.2) is 29.4 Å². The van der Waals surface area contributed by atoms with E-state index in [1.165, 1.54) is 30.5 Å². The zero-order valence-electron chi connectivity index (χ0n) is 12.8. The number of hydrogen-bond donors (Lipinski definition) is 2. The van der Waals surface area contributed by atoms with E-state index in [1.54, 1.807) is 0 Å². The number of carbonyl (C=O) groups excluding carboxylic acids is 3. The van der Waals surface area contributed by atoms with Crippen molar-refractivity contribution in [2.45, 2.75) is 6.92 Å². The van der Waals surface area contributed by atoms with Crippen molar-refractivity contribution in [2.24, 2.45) is 0 Å². The third-order valence-electron chi connectivity index (χ3n) is 2.70. The van der Waals surface area contributed by atoms with Crippen LogP contribution >= 0.6 is 22.9 Å². The highest BCUT2D eigenvalue weighted by molar-refractivity contribution is 7.14. The van der Waals surface area contributed by atoms with Gasteiger partial charge in [0.1, 0.15) is 6.07 Å². The van der Waals surface area contributed by atoms with Gasteiger partial charge in [0.2, 0.25) is 5.91 Å². The van der Waals surface area contributed by atoms with E-state index in [0.29, 0.717) is 5.69 Å². The Bertz CT molecular complexity index is 875. The first-order valence-corrected chi connectivity index (χ1v) is 8.04. The first-order chi connectivity index (χ1) is 11.9. The molecular weight excluding hydrogens is 368 g/mol. The number of nitriles is 1. The molecule has 2 amide bonds. The Morgan fingerprint density at radius 1 is 1.36 bits per heavy atom. The number of thiazole rings is 1. The van der Waals surface area contributed by atoms with Gasteiger partial charge in [0, 0.05) is 18.0 Å². The molecule has 0 saturated carbocycles. The van der Waals surface area contributed by atoms with Gasteiger partial charge in [-0.1, -0.05) is 11.6 Å². The fourth-order valence-electron chi connectivity index (χ4n) is 1.66. The molecule has 0 aliphatic carbocycles. The van der Waals surface area contributed by atoms with Gasteiger partial charge >= 0.3 is 5.97 Å². The summed E-state index contributed by atoms with van der Waals surface area (Å²) in [7, 11) is 0. The van der Waals surface area contributed by atoms with Crippen molar-refractivity contribution in [3.8, 4) is 6.07 Å². The van der Waals surface area contributed by atoms with Crippen LogP contribution in [0.15, 0.2) is 23.6 Å². The van der Waals surface area contributed by atoms with Gasteiger partial charge in [0.25, 0.3) is 5.91 Å². The molecule has 2 rings (SSSR count). The molecule has 0 fully saturated rings. The molecule has 10 heteroatoms. The number of nitrogens with one attached hydrogen (secondary N) is 2. The molecule has 8 nitrogen and oxygen atoms in total. The van der Waals surface area contributed by atoms with Gasteiger partial charge in [-0.3, -0.25) is 9.59 Å². The number of rotatable bonds is 5. The SMILES string of the molecule is CC(=O)Nc1nc(C(=O)OCC(=O)Nc2ccc(C#N)c(Cl)c2)cs1. The average molecular weight is 379 g/mol. The lowest BCUT2D eigenvalue weighted by molar-refractivity contribution is -0.119. The zero-order chi connectivity index (χ0) is 18.4. The number of benzene rings is 1. The minimum atomic E-state index is -0.791. The zero-order valence-corrected chi connectivity index (χ0v) is 14.4. The molecule has 2 aromatic rings. The number of hydrogen-bond acceptors (Lipinski definition) is 7. The quantitative estimate of drug-likeness (QED) is 0.770. The molecule has 1 heterocycles. The maximum atomic E-state index is 11.8. The molecule has 0 aliphatic heterocycles. The van der Waals surface area contributed by atoms with Gasteiger partial charge in [-0.25, -0.2) is 9.78 Å². The van der Waals surface area contributed by atoms with Gasteiger partial charge in [0.15, 0.2) is 17.4 Å². The second-order valence-electron chi connectivity index (χ2n) is 4.65. The van der Waals surface area contributed by atoms with Crippen molar-refractivity contribution >= 4 is 51.5 Å². The van der Waals surface area contributed by atoms with Gasteiger partial charge in [0.05, 0.1) is 10.6 Å². The Kier molecular flexibility index (Phi) is 6.05. The third-order valence-corrected chi connectivity index (χ3v) is 3.77. The number of aromatic nitrogens is 1. The summed E-state index contributed by atoms with van der Waals surface area (Å²) in [5.41, 5.74) is 0.638. The summed E-state index contributed by atoms with van der Waals surface area (Å²) in [4.78, 5) is 38.4. The van der Waals surface area contributed by atoms with Crippen LogP contribution in [0.5, 0.6) is 0 Å². The Morgan fingerprint density at radius 2 is 2.12 bits per heavy atom. The average Bonchev–Trinajstić information content (AvgIpc) is 3.00.